The molecule has 0 spiro atoms. The highest BCUT2D eigenvalue weighted by molar-refractivity contribution is 5.90. The van der Waals surface area contributed by atoms with Crippen LogP contribution >= 0.6 is 0 Å². The molecule has 3 aromatic carbocycles. The van der Waals surface area contributed by atoms with Crippen molar-refractivity contribution in [2.45, 2.75) is 0 Å². The predicted octanol–water partition coefficient (Wildman–Crippen LogP) is 3.40. The number of nitrogens with zero attached hydrogens (tertiary/aromatic N) is 5. The van der Waals surface area contributed by atoms with Crippen LogP contribution in [-0.2, 0) is 0 Å². The van der Waals surface area contributed by atoms with Gasteiger partial charge in [-0.2, -0.15) is 9.78 Å². The minimum Gasteiger partial charge on any atom is -0.244 e. The largest absolute Gasteiger partial charge is 0.268 e. The van der Waals surface area contributed by atoms with Crippen LogP contribution in [0.2, 0.25) is 0 Å². The van der Waals surface area contributed by atoms with E-state index in [-0.39, 0.29) is 5.82 Å². The van der Waals surface area contributed by atoms with Gasteiger partial charge >= 0.3 is 0 Å². The Balaban J connectivity index is 1.63. The van der Waals surface area contributed by atoms with Crippen molar-refractivity contribution >= 4 is 22.9 Å². The molecular weight excluding hydrogens is 319 g/mol. The Morgan fingerprint density at radius 1 is 0.960 bits per heavy atom. The van der Waals surface area contributed by atoms with Gasteiger partial charge in [-0.25, -0.2) is 9.82 Å². The summed E-state index contributed by atoms with van der Waals surface area (Å²) >= 11 is 0. The number of nitrogens with one attached hydrogen (secondary N) is 1. The molecule has 0 aliphatic carbocycles. The molecule has 0 bridgehead atoms. The number of hydrazone groups is 1. The fourth-order valence-electron chi connectivity index (χ4n) is 2.53. The number of rotatable bonds is 4. The zero-order valence-electron chi connectivity index (χ0n) is 13.0. The van der Waals surface area contributed by atoms with Gasteiger partial charge in [0.25, 0.3) is 5.95 Å². The third kappa shape index (κ3) is 3.07. The second kappa shape index (κ2) is 6.48. The monoisotopic (exact) mass is 332 g/mol. The van der Waals surface area contributed by atoms with E-state index in [1.54, 1.807) is 23.0 Å². The van der Waals surface area contributed by atoms with Crippen molar-refractivity contribution in [1.82, 2.24) is 20.2 Å². The number of anilines is 1. The Kier molecular flexibility index (Phi) is 3.88. The lowest BCUT2D eigenvalue weighted by Crippen LogP contribution is -2.04. The van der Waals surface area contributed by atoms with Crippen LogP contribution in [0.1, 0.15) is 5.56 Å². The van der Waals surface area contributed by atoms with Gasteiger partial charge in [0, 0.05) is 5.39 Å². The molecule has 0 saturated heterocycles. The third-order valence-corrected chi connectivity index (χ3v) is 3.71. The lowest BCUT2D eigenvalue weighted by Gasteiger charge is -2.07. The summed E-state index contributed by atoms with van der Waals surface area (Å²) in [5.74, 6) is 0.0970. The Bertz CT molecular complexity index is 1030. The fraction of sp³-hybridized carbons (Fsp3) is 0. The highest BCUT2D eigenvalue weighted by Gasteiger charge is 2.10. The van der Waals surface area contributed by atoms with Crippen molar-refractivity contribution in [3.63, 3.8) is 0 Å². The van der Waals surface area contributed by atoms with Crippen LogP contribution in [0.5, 0.6) is 0 Å². The van der Waals surface area contributed by atoms with Crippen molar-refractivity contribution in [1.29, 1.82) is 0 Å². The van der Waals surface area contributed by atoms with Gasteiger partial charge in [-0.05, 0) is 39.6 Å². The first kappa shape index (κ1) is 14.9. The number of benzene rings is 3. The molecule has 0 amide bonds. The first-order valence-electron chi connectivity index (χ1n) is 7.62. The molecule has 6 nitrogen and oxygen atoms in total. The number of aromatic nitrogens is 4. The molecule has 0 aliphatic heterocycles. The van der Waals surface area contributed by atoms with Crippen molar-refractivity contribution < 1.29 is 4.39 Å². The molecule has 0 unspecified atom stereocenters. The van der Waals surface area contributed by atoms with Crippen molar-refractivity contribution in [2.75, 3.05) is 5.43 Å². The quantitative estimate of drug-likeness (QED) is 0.459. The maximum absolute atomic E-state index is 12.9. The van der Waals surface area contributed by atoms with Gasteiger partial charge in [-0.15, -0.1) is 0 Å². The number of hydrogen-bond donors (Lipinski definition) is 1. The summed E-state index contributed by atoms with van der Waals surface area (Å²) in [4.78, 5) is 0. The minimum absolute atomic E-state index is 0.287. The highest BCUT2D eigenvalue weighted by Crippen LogP contribution is 2.23. The normalized spacial score (nSPS) is 11.2. The summed E-state index contributed by atoms with van der Waals surface area (Å²) < 4.78 is 14.5. The van der Waals surface area contributed by atoms with Gasteiger partial charge in [0.05, 0.1) is 11.9 Å². The summed E-state index contributed by atoms with van der Waals surface area (Å²) in [5, 5.41) is 18.0. The van der Waals surface area contributed by atoms with Crippen LogP contribution in [0.4, 0.5) is 10.3 Å². The van der Waals surface area contributed by atoms with Crippen LogP contribution in [-0.4, -0.2) is 26.4 Å². The molecule has 0 saturated carbocycles. The van der Waals surface area contributed by atoms with Crippen LogP contribution in [0, 0.1) is 5.82 Å². The molecular formula is C18H13FN6. The Hall–Kier alpha value is -3.61. The summed E-state index contributed by atoms with van der Waals surface area (Å²) in [7, 11) is 0. The number of halogens is 1. The van der Waals surface area contributed by atoms with Crippen LogP contribution in [0.25, 0.3) is 16.5 Å². The molecule has 0 aliphatic rings. The smallest absolute Gasteiger partial charge is 0.244 e. The topological polar surface area (TPSA) is 68.0 Å². The molecule has 25 heavy (non-hydrogen) atoms. The zero-order chi connectivity index (χ0) is 17.1. The number of hydrogen-bond acceptors (Lipinski definition) is 5. The van der Waals surface area contributed by atoms with E-state index in [2.05, 4.69) is 26.1 Å². The second-order valence-corrected chi connectivity index (χ2v) is 5.33. The molecule has 4 rings (SSSR count). The SMILES string of the molecule is Fc1ccc(/C=N\Nc2nnnn2-c2cccc3ccccc23)cc1. The average molecular weight is 332 g/mol. The molecule has 7 heteroatoms. The van der Waals surface area contributed by atoms with E-state index in [1.165, 1.54) is 12.1 Å². The van der Waals surface area contributed by atoms with Gasteiger partial charge in [0.2, 0.25) is 0 Å². The fourth-order valence-corrected chi connectivity index (χ4v) is 2.53. The van der Waals surface area contributed by atoms with E-state index in [4.69, 9.17) is 0 Å². The Morgan fingerprint density at radius 3 is 2.64 bits per heavy atom. The van der Waals surface area contributed by atoms with Crippen LogP contribution in [0.3, 0.4) is 0 Å². The van der Waals surface area contributed by atoms with E-state index >= 15 is 0 Å². The standard InChI is InChI=1S/C18H13FN6/c19-15-10-8-13(9-11-15)12-20-21-18-22-23-24-25(18)17-7-3-5-14-4-1-2-6-16(14)17/h1-12H,(H,21,22,24)/b20-12-. The van der Waals surface area contributed by atoms with Crippen molar-refractivity contribution in [3.8, 4) is 5.69 Å². The maximum Gasteiger partial charge on any atom is 0.268 e. The Morgan fingerprint density at radius 2 is 1.76 bits per heavy atom. The lowest BCUT2D eigenvalue weighted by molar-refractivity contribution is 0.628. The predicted molar refractivity (Wildman–Crippen MR) is 94.3 cm³/mol. The zero-order valence-corrected chi connectivity index (χ0v) is 13.0. The minimum atomic E-state index is -0.287. The molecule has 1 aromatic heterocycles. The molecule has 4 aromatic rings. The molecule has 0 radical (unpaired) electrons. The summed E-state index contributed by atoms with van der Waals surface area (Å²) in [6.45, 7) is 0. The van der Waals surface area contributed by atoms with Gasteiger partial charge in [-0.3, -0.25) is 0 Å². The van der Waals surface area contributed by atoms with Gasteiger partial charge < -0.3 is 0 Å². The lowest BCUT2D eigenvalue weighted by atomic mass is 10.1. The average Bonchev–Trinajstić information content (AvgIpc) is 3.11. The van der Waals surface area contributed by atoms with E-state index in [0.717, 1.165) is 22.0 Å². The molecule has 1 N–H and O–H groups in total. The van der Waals surface area contributed by atoms with Crippen molar-refractivity contribution in [3.05, 3.63) is 78.1 Å². The second-order valence-electron chi connectivity index (χ2n) is 5.33. The van der Waals surface area contributed by atoms with E-state index < -0.39 is 0 Å². The first-order chi connectivity index (χ1) is 12.3. The molecule has 0 atom stereocenters. The summed E-state index contributed by atoms with van der Waals surface area (Å²) in [6.07, 6.45) is 1.57. The van der Waals surface area contributed by atoms with E-state index in [1.807, 2.05) is 42.5 Å². The van der Waals surface area contributed by atoms with Crippen LogP contribution in [0.15, 0.2) is 71.8 Å². The maximum atomic E-state index is 12.9. The Labute approximate surface area is 142 Å². The van der Waals surface area contributed by atoms with Gasteiger partial charge in [0.1, 0.15) is 5.82 Å². The molecule has 122 valence electrons. The molecule has 0 fully saturated rings. The number of fused-ring (bicyclic) bond motifs is 1. The van der Waals surface area contributed by atoms with Gasteiger partial charge in [-0.1, -0.05) is 53.6 Å². The molecule has 1 heterocycles. The first-order valence-corrected chi connectivity index (χ1v) is 7.62. The highest BCUT2D eigenvalue weighted by atomic mass is 19.1. The van der Waals surface area contributed by atoms with Gasteiger partial charge in [0.15, 0.2) is 0 Å². The van der Waals surface area contributed by atoms with E-state index in [0.29, 0.717) is 5.95 Å². The number of tetrazole rings is 1. The summed E-state index contributed by atoms with van der Waals surface area (Å²) in [5.41, 5.74) is 4.43. The summed E-state index contributed by atoms with van der Waals surface area (Å²) in [6, 6.07) is 19.9. The van der Waals surface area contributed by atoms with Crippen LogP contribution < -0.4 is 5.43 Å². The van der Waals surface area contributed by atoms with E-state index in [9.17, 15) is 4.39 Å². The third-order valence-electron chi connectivity index (χ3n) is 3.71. The van der Waals surface area contributed by atoms with Crippen molar-refractivity contribution in [2.24, 2.45) is 5.10 Å².